The molecule has 1 heterocycles. The first-order valence-corrected chi connectivity index (χ1v) is 10.7. The Bertz CT molecular complexity index is 528. The van der Waals surface area contributed by atoms with Gasteiger partial charge in [-0.3, -0.25) is 0 Å². The lowest BCUT2D eigenvalue weighted by Crippen LogP contribution is -2.47. The molecule has 2 rings (SSSR count). The smallest absolute Gasteiger partial charge is 0.231 e. The lowest BCUT2D eigenvalue weighted by molar-refractivity contribution is 0.174. The third kappa shape index (κ3) is 3.81. The number of hydrogen-bond donors (Lipinski definition) is 0. The van der Waals surface area contributed by atoms with Crippen molar-refractivity contribution in [3.05, 3.63) is 29.8 Å². The Kier molecular flexibility index (Phi) is 5.93. The molecule has 1 aromatic rings. The van der Waals surface area contributed by atoms with Crippen molar-refractivity contribution in [2.45, 2.75) is 58.2 Å². The molecule has 3 nitrogen and oxygen atoms in total. The minimum atomic E-state index is -1.78. The Hall–Kier alpha value is -1.26. The van der Waals surface area contributed by atoms with E-state index in [1.54, 1.807) is 0 Å². The SMILES string of the molecule is CC(C)[Si](OC/C=C/c1ccc2c(c1)OCO2)(C(C)C)C(C)C. The average molecular weight is 335 g/mol. The summed E-state index contributed by atoms with van der Waals surface area (Å²) in [5, 5.41) is 0. The highest BCUT2D eigenvalue weighted by Crippen LogP contribution is 2.42. The Balaban J connectivity index is 2.02. The molecule has 0 radical (unpaired) electrons. The Labute approximate surface area is 141 Å². The Morgan fingerprint density at radius 2 is 1.61 bits per heavy atom. The van der Waals surface area contributed by atoms with Crippen molar-refractivity contribution in [3.8, 4) is 11.5 Å². The van der Waals surface area contributed by atoms with Crippen LogP contribution >= 0.6 is 0 Å². The second-order valence-electron chi connectivity index (χ2n) is 7.14. The summed E-state index contributed by atoms with van der Waals surface area (Å²) in [7, 11) is -1.78. The van der Waals surface area contributed by atoms with E-state index in [0.29, 0.717) is 30.0 Å². The van der Waals surface area contributed by atoms with Gasteiger partial charge in [-0.05, 0) is 34.3 Å². The van der Waals surface area contributed by atoms with Gasteiger partial charge in [0.2, 0.25) is 15.1 Å². The maximum absolute atomic E-state index is 6.52. The summed E-state index contributed by atoms with van der Waals surface area (Å²) in [4.78, 5) is 0. The molecule has 0 saturated carbocycles. The summed E-state index contributed by atoms with van der Waals surface area (Å²) in [6, 6.07) is 6.01. The maximum atomic E-state index is 6.52. The molecule has 128 valence electrons. The van der Waals surface area contributed by atoms with Crippen molar-refractivity contribution in [3.63, 3.8) is 0 Å². The molecule has 0 spiro atoms. The van der Waals surface area contributed by atoms with E-state index < -0.39 is 8.32 Å². The zero-order valence-corrected chi connectivity index (χ0v) is 16.3. The monoisotopic (exact) mass is 334 g/mol. The van der Waals surface area contributed by atoms with Crippen LogP contribution in [0.5, 0.6) is 11.5 Å². The van der Waals surface area contributed by atoms with E-state index in [0.717, 1.165) is 17.1 Å². The Morgan fingerprint density at radius 1 is 1.00 bits per heavy atom. The van der Waals surface area contributed by atoms with E-state index in [1.807, 2.05) is 18.2 Å². The van der Waals surface area contributed by atoms with Crippen LogP contribution in [0.15, 0.2) is 24.3 Å². The quantitative estimate of drug-likeness (QED) is 0.606. The fourth-order valence-corrected chi connectivity index (χ4v) is 9.28. The minimum Gasteiger partial charge on any atom is -0.454 e. The molecule has 4 heteroatoms. The number of rotatable bonds is 7. The second-order valence-corrected chi connectivity index (χ2v) is 12.6. The zero-order valence-electron chi connectivity index (χ0n) is 15.3. The highest BCUT2D eigenvalue weighted by atomic mass is 28.4. The molecule has 1 aliphatic heterocycles. The predicted molar refractivity (Wildman–Crippen MR) is 98.6 cm³/mol. The van der Waals surface area contributed by atoms with Gasteiger partial charge in [-0.15, -0.1) is 0 Å². The molecular weight excluding hydrogens is 304 g/mol. The third-order valence-electron chi connectivity index (χ3n) is 4.84. The van der Waals surface area contributed by atoms with Crippen molar-refractivity contribution in [2.75, 3.05) is 13.4 Å². The van der Waals surface area contributed by atoms with E-state index in [2.05, 4.69) is 53.7 Å². The fourth-order valence-electron chi connectivity index (χ4n) is 3.89. The zero-order chi connectivity index (χ0) is 17.0. The van der Waals surface area contributed by atoms with E-state index in [1.165, 1.54) is 0 Å². The number of fused-ring (bicyclic) bond motifs is 1. The van der Waals surface area contributed by atoms with Crippen LogP contribution in [0.4, 0.5) is 0 Å². The lowest BCUT2D eigenvalue weighted by Gasteiger charge is -2.41. The summed E-state index contributed by atoms with van der Waals surface area (Å²) in [6.45, 7) is 14.9. The molecule has 0 aliphatic carbocycles. The van der Waals surface area contributed by atoms with Crippen LogP contribution in [0.25, 0.3) is 6.08 Å². The standard InChI is InChI=1S/C19H30O3Si/c1-14(2)23(15(3)4,16(5)6)22-11-7-8-17-9-10-18-19(12-17)21-13-20-18/h7-10,12,14-16H,11,13H2,1-6H3/b8-7+. The molecule has 0 fully saturated rings. The van der Waals surface area contributed by atoms with Gasteiger partial charge in [-0.2, -0.15) is 0 Å². The summed E-state index contributed by atoms with van der Waals surface area (Å²) in [6.07, 6.45) is 4.22. The lowest BCUT2D eigenvalue weighted by atomic mass is 10.2. The molecule has 0 bridgehead atoms. The first kappa shape index (κ1) is 18.1. The van der Waals surface area contributed by atoms with Gasteiger partial charge in [0.15, 0.2) is 11.5 Å². The van der Waals surface area contributed by atoms with Crippen LogP contribution in [-0.4, -0.2) is 21.7 Å². The van der Waals surface area contributed by atoms with E-state index >= 15 is 0 Å². The van der Waals surface area contributed by atoms with Crippen molar-refractivity contribution < 1.29 is 13.9 Å². The molecule has 23 heavy (non-hydrogen) atoms. The number of hydrogen-bond acceptors (Lipinski definition) is 3. The van der Waals surface area contributed by atoms with Crippen molar-refractivity contribution in [1.29, 1.82) is 0 Å². The van der Waals surface area contributed by atoms with Gasteiger partial charge < -0.3 is 13.9 Å². The van der Waals surface area contributed by atoms with E-state index in [-0.39, 0.29) is 0 Å². The van der Waals surface area contributed by atoms with Gasteiger partial charge in [0.05, 0.1) is 6.61 Å². The number of benzene rings is 1. The minimum absolute atomic E-state index is 0.316. The topological polar surface area (TPSA) is 27.7 Å². The van der Waals surface area contributed by atoms with Crippen LogP contribution in [0.1, 0.15) is 47.1 Å². The van der Waals surface area contributed by atoms with Crippen molar-refractivity contribution in [1.82, 2.24) is 0 Å². The molecule has 0 atom stereocenters. The first-order chi connectivity index (χ1) is 10.9. The molecular formula is C19H30O3Si. The molecule has 0 saturated heterocycles. The Morgan fingerprint density at radius 3 is 2.22 bits per heavy atom. The van der Waals surface area contributed by atoms with E-state index in [4.69, 9.17) is 13.9 Å². The number of ether oxygens (including phenoxy) is 2. The van der Waals surface area contributed by atoms with Crippen LogP contribution in [0.2, 0.25) is 16.6 Å². The van der Waals surface area contributed by atoms with Crippen LogP contribution in [-0.2, 0) is 4.43 Å². The largest absolute Gasteiger partial charge is 0.454 e. The predicted octanol–water partition coefficient (Wildman–Crippen LogP) is 5.62. The summed E-state index contributed by atoms with van der Waals surface area (Å²) in [5.74, 6) is 1.65. The van der Waals surface area contributed by atoms with E-state index in [9.17, 15) is 0 Å². The van der Waals surface area contributed by atoms with Gasteiger partial charge in [-0.25, -0.2) is 0 Å². The molecule has 0 amide bonds. The molecule has 0 unspecified atom stereocenters. The van der Waals surface area contributed by atoms with Gasteiger partial charge in [0, 0.05) is 0 Å². The van der Waals surface area contributed by atoms with Crippen LogP contribution in [0.3, 0.4) is 0 Å². The summed E-state index contributed by atoms with van der Waals surface area (Å²) >= 11 is 0. The summed E-state index contributed by atoms with van der Waals surface area (Å²) < 4.78 is 17.3. The van der Waals surface area contributed by atoms with Gasteiger partial charge in [-0.1, -0.05) is 59.8 Å². The first-order valence-electron chi connectivity index (χ1n) is 8.58. The van der Waals surface area contributed by atoms with Gasteiger partial charge >= 0.3 is 0 Å². The van der Waals surface area contributed by atoms with Crippen LogP contribution < -0.4 is 9.47 Å². The highest BCUT2D eigenvalue weighted by molar-refractivity contribution is 6.77. The molecule has 1 aromatic carbocycles. The maximum Gasteiger partial charge on any atom is 0.231 e. The van der Waals surface area contributed by atoms with Crippen LogP contribution in [0, 0.1) is 0 Å². The van der Waals surface area contributed by atoms with Gasteiger partial charge in [0.25, 0.3) is 0 Å². The molecule has 0 N–H and O–H groups in total. The molecule has 1 aliphatic rings. The second kappa shape index (κ2) is 7.54. The summed E-state index contributed by atoms with van der Waals surface area (Å²) in [5.41, 5.74) is 2.95. The van der Waals surface area contributed by atoms with Crippen molar-refractivity contribution >= 4 is 14.4 Å². The van der Waals surface area contributed by atoms with Crippen molar-refractivity contribution in [2.24, 2.45) is 0 Å². The normalized spacial score (nSPS) is 14.7. The fraction of sp³-hybridized carbons (Fsp3) is 0.579. The average Bonchev–Trinajstić information content (AvgIpc) is 2.93. The third-order valence-corrected chi connectivity index (χ3v) is 10.9. The van der Waals surface area contributed by atoms with Gasteiger partial charge in [0.1, 0.15) is 0 Å². The molecule has 0 aromatic heterocycles. The highest BCUT2D eigenvalue weighted by Gasteiger charge is 2.44.